The average molecular weight is 479 g/mol. The summed E-state index contributed by atoms with van der Waals surface area (Å²) in [6.45, 7) is 15.7. The molecule has 0 aromatic carbocycles. The topological polar surface area (TPSA) is 61.8 Å². The van der Waals surface area contributed by atoms with Gasteiger partial charge in [-0.1, -0.05) is 40.2 Å². The van der Waals surface area contributed by atoms with Crippen molar-refractivity contribution >= 4 is 11.8 Å². The van der Waals surface area contributed by atoms with E-state index in [0.29, 0.717) is 23.8 Å². The van der Waals surface area contributed by atoms with E-state index in [1.165, 1.54) is 5.57 Å². The number of carbonyl (C=O) groups excluding carboxylic acids is 2. The normalized spacial score (nSPS) is 52.9. The molecule has 3 aliphatic heterocycles. The SMILES string of the molecule is CC1=C[C@@]2(C[C@@H](C)[C@H]3[C@H](C[C@@]4(C)C5=C6[C@@H](C[C@]34C)OC3=CC(=O)C(C)(C)[C@H](CC5)[C@]36C)O2)OC1=O. The quantitative estimate of drug-likeness (QED) is 0.332. The third-order valence-electron chi connectivity index (χ3n) is 12.0. The third kappa shape index (κ3) is 2.32. The second-order valence-electron chi connectivity index (χ2n) is 13.9. The first-order valence-electron chi connectivity index (χ1n) is 13.5. The largest absolute Gasteiger partial charge is 0.489 e. The fraction of sp³-hybridized carbons (Fsp3) is 0.733. The molecule has 0 bridgehead atoms. The molecule has 7 aliphatic rings. The van der Waals surface area contributed by atoms with Gasteiger partial charge in [-0.3, -0.25) is 4.79 Å². The Kier molecular flexibility index (Phi) is 3.92. The van der Waals surface area contributed by atoms with Crippen LogP contribution in [-0.2, 0) is 23.8 Å². The highest BCUT2D eigenvalue weighted by atomic mass is 16.7. The Labute approximate surface area is 208 Å². The van der Waals surface area contributed by atoms with Gasteiger partial charge in [0.1, 0.15) is 11.9 Å². The Hall–Kier alpha value is -1.88. The summed E-state index contributed by atoms with van der Waals surface area (Å²) >= 11 is 0. The van der Waals surface area contributed by atoms with Crippen molar-refractivity contribution in [2.75, 3.05) is 0 Å². The molecular weight excluding hydrogens is 440 g/mol. The Morgan fingerprint density at radius 2 is 1.77 bits per heavy atom. The van der Waals surface area contributed by atoms with Crippen molar-refractivity contribution < 1.29 is 23.8 Å². The van der Waals surface area contributed by atoms with Crippen LogP contribution >= 0.6 is 0 Å². The van der Waals surface area contributed by atoms with Crippen molar-refractivity contribution in [2.45, 2.75) is 98.6 Å². The zero-order chi connectivity index (χ0) is 24.9. The van der Waals surface area contributed by atoms with Crippen molar-refractivity contribution in [3.63, 3.8) is 0 Å². The molecule has 0 radical (unpaired) electrons. The lowest BCUT2D eigenvalue weighted by molar-refractivity contribution is -0.258. The zero-order valence-corrected chi connectivity index (χ0v) is 22.1. The lowest BCUT2D eigenvalue weighted by Gasteiger charge is -2.57. The molecule has 4 aliphatic carbocycles. The predicted molar refractivity (Wildman–Crippen MR) is 130 cm³/mol. The van der Waals surface area contributed by atoms with Crippen LogP contribution in [0.3, 0.4) is 0 Å². The second-order valence-corrected chi connectivity index (χ2v) is 13.9. The van der Waals surface area contributed by atoms with E-state index >= 15 is 0 Å². The summed E-state index contributed by atoms with van der Waals surface area (Å²) in [7, 11) is 0. The average Bonchev–Trinajstić information content (AvgIpc) is 3.26. The van der Waals surface area contributed by atoms with Crippen LogP contribution in [0.2, 0.25) is 0 Å². The molecule has 5 heteroatoms. The minimum atomic E-state index is -0.903. The molecule has 2 saturated heterocycles. The Bertz CT molecular complexity index is 1190. The molecular formula is C30H38O5. The van der Waals surface area contributed by atoms with Gasteiger partial charge in [0.15, 0.2) is 5.78 Å². The number of hydrogen-bond donors (Lipinski definition) is 0. The van der Waals surface area contributed by atoms with Crippen molar-refractivity contribution in [1.29, 1.82) is 0 Å². The van der Waals surface area contributed by atoms with Gasteiger partial charge in [-0.05, 0) is 79.8 Å². The maximum Gasteiger partial charge on any atom is 0.336 e. The molecule has 1 saturated carbocycles. The molecule has 9 atom stereocenters. The maximum absolute atomic E-state index is 13.1. The van der Waals surface area contributed by atoms with Gasteiger partial charge in [-0.25, -0.2) is 4.79 Å². The van der Waals surface area contributed by atoms with Crippen molar-refractivity contribution in [1.82, 2.24) is 0 Å². The van der Waals surface area contributed by atoms with Crippen LogP contribution in [-0.4, -0.2) is 29.7 Å². The van der Waals surface area contributed by atoms with Gasteiger partial charge in [-0.15, -0.1) is 0 Å². The molecule has 5 nitrogen and oxygen atoms in total. The zero-order valence-electron chi connectivity index (χ0n) is 22.1. The minimum Gasteiger partial charge on any atom is -0.489 e. The smallest absolute Gasteiger partial charge is 0.336 e. The summed E-state index contributed by atoms with van der Waals surface area (Å²) in [5.41, 5.74) is 3.14. The summed E-state index contributed by atoms with van der Waals surface area (Å²) in [5.74, 6) is 0.961. The number of carbonyl (C=O) groups is 2. The molecule has 1 spiro atoms. The fourth-order valence-electron chi connectivity index (χ4n) is 10.4. The van der Waals surface area contributed by atoms with E-state index in [1.807, 2.05) is 19.1 Å². The van der Waals surface area contributed by atoms with Crippen molar-refractivity contribution in [2.24, 2.45) is 39.4 Å². The van der Waals surface area contributed by atoms with Gasteiger partial charge in [0.2, 0.25) is 5.79 Å². The Morgan fingerprint density at radius 1 is 1.03 bits per heavy atom. The molecule has 7 rings (SSSR count). The lowest BCUT2D eigenvalue weighted by atomic mass is 9.44. The number of fused-ring (bicyclic) bond motifs is 4. The van der Waals surface area contributed by atoms with E-state index in [-0.39, 0.29) is 51.5 Å². The summed E-state index contributed by atoms with van der Waals surface area (Å²) < 4.78 is 19.3. The number of allylic oxidation sites excluding steroid dienone is 3. The molecule has 0 amide bonds. The number of rotatable bonds is 0. The van der Waals surface area contributed by atoms with Crippen LogP contribution in [0.15, 0.2) is 34.6 Å². The lowest BCUT2D eigenvalue weighted by Crippen LogP contribution is -2.54. The molecule has 0 N–H and O–H groups in total. The van der Waals surface area contributed by atoms with E-state index in [4.69, 9.17) is 14.2 Å². The monoisotopic (exact) mass is 478 g/mol. The first kappa shape index (κ1) is 22.3. The highest BCUT2D eigenvalue weighted by Gasteiger charge is 2.73. The highest BCUT2D eigenvalue weighted by molar-refractivity contribution is 5.97. The highest BCUT2D eigenvalue weighted by Crippen LogP contribution is 2.76. The van der Waals surface area contributed by atoms with E-state index in [0.717, 1.165) is 31.4 Å². The molecule has 35 heavy (non-hydrogen) atoms. The minimum absolute atomic E-state index is 0.00623. The van der Waals surface area contributed by atoms with Gasteiger partial charge >= 0.3 is 5.97 Å². The molecule has 0 unspecified atom stereocenters. The van der Waals surface area contributed by atoms with Crippen molar-refractivity contribution in [3.8, 4) is 0 Å². The van der Waals surface area contributed by atoms with Crippen LogP contribution in [0.5, 0.6) is 0 Å². The van der Waals surface area contributed by atoms with Gasteiger partial charge in [-0.2, -0.15) is 0 Å². The molecule has 0 aromatic rings. The summed E-state index contributed by atoms with van der Waals surface area (Å²) in [6, 6.07) is 0. The van der Waals surface area contributed by atoms with E-state index in [1.54, 1.807) is 5.57 Å². The molecule has 3 heterocycles. The van der Waals surface area contributed by atoms with Gasteiger partial charge in [0.25, 0.3) is 0 Å². The number of hydrogen-bond acceptors (Lipinski definition) is 5. The van der Waals surface area contributed by atoms with Crippen molar-refractivity contribution in [3.05, 3.63) is 34.6 Å². The van der Waals surface area contributed by atoms with Crippen LogP contribution in [0, 0.1) is 39.4 Å². The third-order valence-corrected chi connectivity index (χ3v) is 12.0. The summed E-state index contributed by atoms with van der Waals surface area (Å²) in [4.78, 5) is 25.4. The van der Waals surface area contributed by atoms with Crippen LogP contribution in [0.4, 0.5) is 0 Å². The molecule has 188 valence electrons. The Morgan fingerprint density at radius 3 is 2.46 bits per heavy atom. The molecule has 0 aromatic heterocycles. The van der Waals surface area contributed by atoms with Gasteiger partial charge in [0, 0.05) is 23.5 Å². The standard InChI is InChI=1S/C30H38O5/c1-15-11-30(12-16(2)25(32)35-30)34-19-14-27(5)17-8-9-20-26(3,4)21(31)10-22-29(20,7)24(17)18(33-22)13-28(27,6)23(15)19/h10,12,15,18-20,23H,8-9,11,13-14H2,1-7H3/t15-,18-,19+,20+,23+,27+,28-,29-,30-/m1/s1. The second kappa shape index (κ2) is 6.15. The Balaban J connectivity index is 1.35. The van der Waals surface area contributed by atoms with Crippen LogP contribution in [0.1, 0.15) is 80.6 Å². The number of ether oxygens (including phenoxy) is 3. The van der Waals surface area contributed by atoms with E-state index in [9.17, 15) is 9.59 Å². The summed E-state index contributed by atoms with van der Waals surface area (Å²) in [6.07, 6.45) is 8.46. The van der Waals surface area contributed by atoms with Crippen LogP contribution in [0.25, 0.3) is 0 Å². The predicted octanol–water partition coefficient (Wildman–Crippen LogP) is 5.65. The number of esters is 1. The number of ketones is 1. The van der Waals surface area contributed by atoms with Gasteiger partial charge < -0.3 is 14.2 Å². The van der Waals surface area contributed by atoms with E-state index < -0.39 is 5.79 Å². The first-order valence-corrected chi connectivity index (χ1v) is 13.5. The maximum atomic E-state index is 13.1. The van der Waals surface area contributed by atoms with Gasteiger partial charge in [0.05, 0.1) is 11.5 Å². The van der Waals surface area contributed by atoms with E-state index in [2.05, 4.69) is 41.5 Å². The summed E-state index contributed by atoms with van der Waals surface area (Å²) in [5, 5.41) is 0. The molecule has 3 fully saturated rings. The fourth-order valence-corrected chi connectivity index (χ4v) is 10.4. The van der Waals surface area contributed by atoms with Crippen LogP contribution < -0.4 is 0 Å². The first-order chi connectivity index (χ1) is 16.3.